The Bertz CT molecular complexity index is 602. The Balaban J connectivity index is 1.91. The first kappa shape index (κ1) is 18.0. The molecule has 0 atom stereocenters. The Morgan fingerprint density at radius 1 is 1.00 bits per heavy atom. The third-order valence-electron chi connectivity index (χ3n) is 4.11. The molecule has 0 bridgehead atoms. The van der Waals surface area contributed by atoms with Gasteiger partial charge in [-0.2, -0.15) is 0 Å². The van der Waals surface area contributed by atoms with Gasteiger partial charge in [-0.25, -0.2) is 0 Å². The summed E-state index contributed by atoms with van der Waals surface area (Å²) in [6.45, 7) is 8.01. The van der Waals surface area contributed by atoms with Gasteiger partial charge in [-0.3, -0.25) is 14.4 Å². The van der Waals surface area contributed by atoms with Crippen molar-refractivity contribution in [3.8, 4) is 0 Å². The van der Waals surface area contributed by atoms with E-state index < -0.39 is 0 Å². The molecule has 0 saturated carbocycles. The minimum atomic E-state index is -0.0797. The lowest BCUT2D eigenvalue weighted by Gasteiger charge is -2.35. The molecule has 0 unspecified atom stereocenters. The summed E-state index contributed by atoms with van der Waals surface area (Å²) in [7, 11) is 0. The molecule has 1 aromatic rings. The van der Waals surface area contributed by atoms with E-state index in [9.17, 15) is 14.4 Å². The van der Waals surface area contributed by atoms with Crippen LogP contribution in [0.25, 0.3) is 0 Å². The summed E-state index contributed by atoms with van der Waals surface area (Å²) in [5, 5.41) is 2.73. The Kier molecular flexibility index (Phi) is 5.95. The van der Waals surface area contributed by atoms with Crippen LogP contribution in [-0.4, -0.2) is 53.7 Å². The van der Waals surface area contributed by atoms with Gasteiger partial charge < -0.3 is 15.1 Å². The molecule has 6 nitrogen and oxygen atoms in total. The number of hydrogen-bond donors (Lipinski definition) is 1. The maximum Gasteiger partial charge on any atom is 0.253 e. The highest BCUT2D eigenvalue weighted by molar-refractivity contribution is 5.94. The summed E-state index contributed by atoms with van der Waals surface area (Å²) in [5.41, 5.74) is 1.58. The van der Waals surface area contributed by atoms with Crippen LogP contribution in [0.3, 0.4) is 0 Å². The maximum absolute atomic E-state index is 12.5. The van der Waals surface area contributed by atoms with E-state index in [1.54, 1.807) is 17.0 Å². The van der Waals surface area contributed by atoms with Gasteiger partial charge in [0.05, 0.1) is 0 Å². The second-order valence-electron chi connectivity index (χ2n) is 6.38. The number of carbonyl (C=O) groups excluding carboxylic acids is 3. The first-order valence-corrected chi connectivity index (χ1v) is 8.30. The number of nitrogens with zero attached hydrogens (tertiary/aromatic N) is 2. The first-order chi connectivity index (χ1) is 11.4. The van der Waals surface area contributed by atoms with Crippen LogP contribution < -0.4 is 5.32 Å². The van der Waals surface area contributed by atoms with Gasteiger partial charge in [0.15, 0.2) is 0 Å². The van der Waals surface area contributed by atoms with Crippen molar-refractivity contribution in [3.63, 3.8) is 0 Å². The molecular formula is C18H25N3O3. The van der Waals surface area contributed by atoms with Crippen molar-refractivity contribution in [1.29, 1.82) is 0 Å². The van der Waals surface area contributed by atoms with Crippen LogP contribution in [0.4, 0.5) is 0 Å². The Labute approximate surface area is 142 Å². The second-order valence-corrected chi connectivity index (χ2v) is 6.38. The average Bonchev–Trinajstić information content (AvgIpc) is 2.59. The molecule has 0 aliphatic carbocycles. The van der Waals surface area contributed by atoms with E-state index in [1.165, 1.54) is 6.92 Å². The van der Waals surface area contributed by atoms with E-state index in [4.69, 9.17) is 0 Å². The molecule has 130 valence electrons. The fourth-order valence-corrected chi connectivity index (χ4v) is 2.67. The highest BCUT2D eigenvalue weighted by Crippen LogP contribution is 2.12. The normalized spacial score (nSPS) is 14.7. The van der Waals surface area contributed by atoms with Gasteiger partial charge in [0, 0.05) is 51.1 Å². The molecule has 1 aliphatic rings. The van der Waals surface area contributed by atoms with Crippen molar-refractivity contribution >= 4 is 17.7 Å². The fraction of sp³-hybridized carbons (Fsp3) is 0.500. The monoisotopic (exact) mass is 331 g/mol. The molecule has 1 heterocycles. The van der Waals surface area contributed by atoms with Crippen molar-refractivity contribution in [1.82, 2.24) is 15.1 Å². The van der Waals surface area contributed by atoms with Crippen molar-refractivity contribution in [2.45, 2.75) is 27.3 Å². The molecule has 1 saturated heterocycles. The fourth-order valence-electron chi connectivity index (χ4n) is 2.67. The molecule has 3 amide bonds. The van der Waals surface area contributed by atoms with E-state index in [-0.39, 0.29) is 23.6 Å². The SMILES string of the molecule is CC(=O)NCc1ccc(C(=O)N2CCN(C(=O)C(C)C)CC2)cc1. The highest BCUT2D eigenvalue weighted by Gasteiger charge is 2.25. The van der Waals surface area contributed by atoms with Crippen LogP contribution in [-0.2, 0) is 16.1 Å². The van der Waals surface area contributed by atoms with Gasteiger partial charge >= 0.3 is 0 Å². The minimum absolute atomic E-state index is 0.0107. The van der Waals surface area contributed by atoms with E-state index >= 15 is 0 Å². The zero-order chi connectivity index (χ0) is 17.7. The summed E-state index contributed by atoms with van der Waals surface area (Å²) < 4.78 is 0. The molecular weight excluding hydrogens is 306 g/mol. The van der Waals surface area contributed by atoms with E-state index in [0.29, 0.717) is 38.3 Å². The van der Waals surface area contributed by atoms with Crippen molar-refractivity contribution < 1.29 is 14.4 Å². The Hall–Kier alpha value is -2.37. The number of nitrogens with one attached hydrogen (secondary N) is 1. The van der Waals surface area contributed by atoms with E-state index in [1.807, 2.05) is 30.9 Å². The van der Waals surface area contributed by atoms with Crippen molar-refractivity contribution in [2.24, 2.45) is 5.92 Å². The van der Waals surface area contributed by atoms with Crippen molar-refractivity contribution in [2.75, 3.05) is 26.2 Å². The van der Waals surface area contributed by atoms with Gasteiger partial charge in [0.25, 0.3) is 5.91 Å². The third-order valence-corrected chi connectivity index (χ3v) is 4.11. The number of hydrogen-bond acceptors (Lipinski definition) is 3. The van der Waals surface area contributed by atoms with Gasteiger partial charge in [-0.1, -0.05) is 26.0 Å². The van der Waals surface area contributed by atoms with Gasteiger partial charge in [-0.05, 0) is 17.7 Å². The smallest absolute Gasteiger partial charge is 0.253 e. The zero-order valence-corrected chi connectivity index (χ0v) is 14.5. The number of rotatable bonds is 4. The van der Waals surface area contributed by atoms with E-state index in [0.717, 1.165) is 5.56 Å². The molecule has 24 heavy (non-hydrogen) atoms. The molecule has 2 rings (SSSR count). The molecule has 1 fully saturated rings. The van der Waals surface area contributed by atoms with Crippen molar-refractivity contribution in [3.05, 3.63) is 35.4 Å². The van der Waals surface area contributed by atoms with Crippen LogP contribution in [0, 0.1) is 5.92 Å². The third kappa shape index (κ3) is 4.57. The quantitative estimate of drug-likeness (QED) is 0.903. The number of carbonyl (C=O) groups is 3. The van der Waals surface area contributed by atoms with Crippen LogP contribution >= 0.6 is 0 Å². The zero-order valence-electron chi connectivity index (χ0n) is 14.5. The maximum atomic E-state index is 12.5. The lowest BCUT2D eigenvalue weighted by Crippen LogP contribution is -2.51. The molecule has 1 aromatic carbocycles. The van der Waals surface area contributed by atoms with Gasteiger partial charge in [-0.15, -0.1) is 0 Å². The average molecular weight is 331 g/mol. The molecule has 1 aliphatic heterocycles. The van der Waals surface area contributed by atoms with Crippen LogP contribution in [0.1, 0.15) is 36.7 Å². The number of amides is 3. The summed E-state index contributed by atoms with van der Waals surface area (Å²) in [5.74, 6) is 0.0366. The number of piperazine rings is 1. The molecule has 0 radical (unpaired) electrons. The summed E-state index contributed by atoms with van der Waals surface area (Å²) >= 11 is 0. The predicted octanol–water partition coefficient (Wildman–Crippen LogP) is 1.26. The minimum Gasteiger partial charge on any atom is -0.352 e. The Morgan fingerprint density at radius 3 is 2.04 bits per heavy atom. The van der Waals surface area contributed by atoms with Gasteiger partial charge in [0.2, 0.25) is 11.8 Å². The summed E-state index contributed by atoms with van der Waals surface area (Å²) in [4.78, 5) is 39.0. The molecule has 1 N–H and O–H groups in total. The lowest BCUT2D eigenvalue weighted by molar-refractivity contribution is -0.135. The van der Waals surface area contributed by atoms with Crippen LogP contribution in [0.15, 0.2) is 24.3 Å². The molecule has 0 spiro atoms. The van der Waals surface area contributed by atoms with Crippen LogP contribution in [0.2, 0.25) is 0 Å². The molecule has 0 aromatic heterocycles. The highest BCUT2D eigenvalue weighted by atomic mass is 16.2. The lowest BCUT2D eigenvalue weighted by atomic mass is 10.1. The topological polar surface area (TPSA) is 69.7 Å². The summed E-state index contributed by atoms with van der Waals surface area (Å²) in [6.07, 6.45) is 0. The van der Waals surface area contributed by atoms with Gasteiger partial charge in [0.1, 0.15) is 0 Å². The largest absolute Gasteiger partial charge is 0.352 e. The Morgan fingerprint density at radius 2 is 1.54 bits per heavy atom. The molecule has 6 heteroatoms. The number of benzene rings is 1. The van der Waals surface area contributed by atoms with Crippen LogP contribution in [0.5, 0.6) is 0 Å². The first-order valence-electron chi connectivity index (χ1n) is 8.30. The van der Waals surface area contributed by atoms with E-state index in [2.05, 4.69) is 5.32 Å². The predicted molar refractivity (Wildman–Crippen MR) is 91.3 cm³/mol. The second kappa shape index (κ2) is 7.95. The summed E-state index contributed by atoms with van der Waals surface area (Å²) in [6, 6.07) is 7.26. The standard InChI is InChI=1S/C18H25N3O3/c1-13(2)17(23)20-8-10-21(11-9-20)18(24)16-6-4-15(5-7-16)12-19-14(3)22/h4-7,13H,8-12H2,1-3H3,(H,19,22).